The van der Waals surface area contributed by atoms with Crippen LogP contribution in [0.15, 0.2) is 41.4 Å². The fourth-order valence-electron chi connectivity index (χ4n) is 2.81. The predicted octanol–water partition coefficient (Wildman–Crippen LogP) is 3.77. The number of hydrogen-bond donors (Lipinski definition) is 0. The van der Waals surface area contributed by atoms with Crippen molar-refractivity contribution in [3.8, 4) is 11.5 Å². The van der Waals surface area contributed by atoms with E-state index in [9.17, 15) is 4.79 Å². The summed E-state index contributed by atoms with van der Waals surface area (Å²) < 4.78 is 13.7. The largest absolute Gasteiger partial charge is 0.454 e. The van der Waals surface area contributed by atoms with Crippen molar-refractivity contribution in [2.75, 3.05) is 6.79 Å². The van der Waals surface area contributed by atoms with Crippen molar-refractivity contribution < 1.29 is 14.3 Å². The number of carbonyl (C=O) groups excluding carboxylic acids is 1. The number of aryl methyl sites for hydroxylation is 1. The van der Waals surface area contributed by atoms with Crippen molar-refractivity contribution in [3.63, 3.8) is 0 Å². The van der Waals surface area contributed by atoms with Gasteiger partial charge in [-0.05, 0) is 42.8 Å². The van der Waals surface area contributed by atoms with Gasteiger partial charge in [0.1, 0.15) is 0 Å². The maximum atomic E-state index is 12.4. The number of hydrogen-bond acceptors (Lipinski definition) is 4. The lowest BCUT2D eigenvalue weighted by Gasteiger charge is -2.01. The van der Waals surface area contributed by atoms with Gasteiger partial charge in [0, 0.05) is 11.6 Å². The minimum Gasteiger partial charge on any atom is -0.454 e. The Hall–Kier alpha value is -2.31. The summed E-state index contributed by atoms with van der Waals surface area (Å²) in [7, 11) is 0. The van der Waals surface area contributed by atoms with Crippen LogP contribution >= 0.6 is 22.9 Å². The molecule has 128 valence electrons. The molecule has 0 aliphatic carbocycles. The molecule has 0 saturated carbocycles. The SMILES string of the molecule is CCn1c(=NC(=O)Cc2ccc3c(c2)OCO3)sc2cc(Cl)ccc21. The predicted molar refractivity (Wildman–Crippen MR) is 97.3 cm³/mol. The molecule has 7 heteroatoms. The number of fused-ring (bicyclic) bond motifs is 2. The van der Waals surface area contributed by atoms with Gasteiger partial charge in [-0.1, -0.05) is 29.0 Å². The summed E-state index contributed by atoms with van der Waals surface area (Å²) in [6.07, 6.45) is 0.218. The molecule has 1 aromatic heterocycles. The fourth-order valence-corrected chi connectivity index (χ4v) is 4.20. The molecule has 3 aromatic rings. The fraction of sp³-hybridized carbons (Fsp3) is 0.222. The Balaban J connectivity index is 1.66. The number of aromatic nitrogens is 1. The topological polar surface area (TPSA) is 52.8 Å². The smallest absolute Gasteiger partial charge is 0.252 e. The molecule has 0 spiro atoms. The van der Waals surface area contributed by atoms with E-state index in [2.05, 4.69) is 4.99 Å². The van der Waals surface area contributed by atoms with Crippen LogP contribution < -0.4 is 14.3 Å². The third kappa shape index (κ3) is 3.15. The lowest BCUT2D eigenvalue weighted by Crippen LogP contribution is -2.16. The molecule has 5 nitrogen and oxygen atoms in total. The van der Waals surface area contributed by atoms with E-state index in [4.69, 9.17) is 21.1 Å². The van der Waals surface area contributed by atoms with Gasteiger partial charge in [0.05, 0.1) is 16.6 Å². The van der Waals surface area contributed by atoms with Gasteiger partial charge in [-0.15, -0.1) is 0 Å². The number of benzene rings is 2. The monoisotopic (exact) mass is 374 g/mol. The zero-order valence-corrected chi connectivity index (χ0v) is 15.1. The molecule has 2 aromatic carbocycles. The molecule has 2 heterocycles. The van der Waals surface area contributed by atoms with Crippen molar-refractivity contribution in [1.82, 2.24) is 4.57 Å². The van der Waals surface area contributed by atoms with Crippen molar-refractivity contribution in [2.24, 2.45) is 4.99 Å². The molecule has 0 saturated heterocycles. The van der Waals surface area contributed by atoms with Crippen molar-refractivity contribution in [3.05, 3.63) is 51.8 Å². The Kier molecular flexibility index (Phi) is 4.23. The summed E-state index contributed by atoms with van der Waals surface area (Å²) in [4.78, 5) is 17.4. The van der Waals surface area contributed by atoms with E-state index in [0.29, 0.717) is 21.3 Å². The molecule has 0 N–H and O–H groups in total. The first kappa shape index (κ1) is 16.2. The quantitative estimate of drug-likeness (QED) is 0.701. The number of nitrogens with zero attached hydrogens (tertiary/aromatic N) is 2. The first-order valence-electron chi connectivity index (χ1n) is 7.89. The molecule has 25 heavy (non-hydrogen) atoms. The van der Waals surface area contributed by atoms with Crippen LogP contribution in [0.25, 0.3) is 10.2 Å². The number of carbonyl (C=O) groups is 1. The van der Waals surface area contributed by atoms with Gasteiger partial charge < -0.3 is 14.0 Å². The normalized spacial score (nSPS) is 13.6. The van der Waals surface area contributed by atoms with Crippen LogP contribution in [0.5, 0.6) is 11.5 Å². The van der Waals surface area contributed by atoms with Crippen LogP contribution in [-0.2, 0) is 17.8 Å². The molecular formula is C18H15ClN2O3S. The van der Waals surface area contributed by atoms with Crippen molar-refractivity contribution in [1.29, 1.82) is 0 Å². The average molecular weight is 375 g/mol. The number of thiazole rings is 1. The van der Waals surface area contributed by atoms with Gasteiger partial charge in [-0.2, -0.15) is 4.99 Å². The summed E-state index contributed by atoms with van der Waals surface area (Å²) in [6.45, 7) is 2.98. The van der Waals surface area contributed by atoms with E-state index < -0.39 is 0 Å². The Morgan fingerprint density at radius 2 is 2.08 bits per heavy atom. The standard InChI is InChI=1S/C18H15ClN2O3S/c1-2-21-13-5-4-12(19)9-16(13)25-18(21)20-17(22)8-11-3-6-14-15(7-11)24-10-23-14/h3-7,9H,2,8,10H2,1H3. The summed E-state index contributed by atoms with van der Waals surface area (Å²) in [6, 6.07) is 11.2. The van der Waals surface area contributed by atoms with Gasteiger partial charge in [0.2, 0.25) is 6.79 Å². The first-order valence-corrected chi connectivity index (χ1v) is 9.08. The minimum atomic E-state index is -0.196. The molecule has 0 unspecified atom stereocenters. The summed E-state index contributed by atoms with van der Waals surface area (Å²) in [5, 5.41) is 0.676. The molecule has 0 fully saturated rings. The number of amides is 1. The highest BCUT2D eigenvalue weighted by molar-refractivity contribution is 7.16. The van der Waals surface area contributed by atoms with Crippen LogP contribution in [-0.4, -0.2) is 17.3 Å². The maximum Gasteiger partial charge on any atom is 0.252 e. The Labute approximate surface area is 153 Å². The second kappa shape index (κ2) is 6.54. The van der Waals surface area contributed by atoms with E-state index in [1.165, 1.54) is 11.3 Å². The highest BCUT2D eigenvalue weighted by Crippen LogP contribution is 2.32. The number of rotatable bonds is 3. The van der Waals surface area contributed by atoms with Crippen LogP contribution in [0.1, 0.15) is 12.5 Å². The molecular weight excluding hydrogens is 360 g/mol. The molecule has 1 aliphatic heterocycles. The van der Waals surface area contributed by atoms with Crippen LogP contribution in [0, 0.1) is 0 Å². The number of ether oxygens (including phenoxy) is 2. The highest BCUT2D eigenvalue weighted by Gasteiger charge is 2.14. The highest BCUT2D eigenvalue weighted by atomic mass is 35.5. The van der Waals surface area contributed by atoms with Crippen LogP contribution in [0.3, 0.4) is 0 Å². The zero-order valence-electron chi connectivity index (χ0n) is 13.5. The average Bonchev–Trinajstić information content (AvgIpc) is 3.17. The van der Waals surface area contributed by atoms with E-state index in [0.717, 1.165) is 22.3 Å². The summed E-state index contributed by atoms with van der Waals surface area (Å²) >= 11 is 7.53. The minimum absolute atomic E-state index is 0.196. The van der Waals surface area contributed by atoms with Crippen LogP contribution in [0.4, 0.5) is 0 Å². The van der Waals surface area contributed by atoms with Gasteiger partial charge in [-0.3, -0.25) is 4.79 Å². The van der Waals surface area contributed by atoms with E-state index in [-0.39, 0.29) is 19.1 Å². The summed E-state index contributed by atoms with van der Waals surface area (Å²) in [5.74, 6) is 1.18. The third-order valence-corrected chi connectivity index (χ3v) is 5.25. The first-order chi connectivity index (χ1) is 12.1. The van der Waals surface area contributed by atoms with E-state index in [1.54, 1.807) is 0 Å². The molecule has 4 rings (SSSR count). The van der Waals surface area contributed by atoms with Gasteiger partial charge >= 0.3 is 0 Å². The van der Waals surface area contributed by atoms with Crippen molar-refractivity contribution >= 4 is 39.1 Å². The second-order valence-corrected chi connectivity index (χ2v) is 7.06. The molecule has 0 radical (unpaired) electrons. The molecule has 1 amide bonds. The van der Waals surface area contributed by atoms with Crippen molar-refractivity contribution in [2.45, 2.75) is 19.9 Å². The van der Waals surface area contributed by atoms with E-state index in [1.807, 2.05) is 47.9 Å². The third-order valence-electron chi connectivity index (χ3n) is 3.97. The second-order valence-electron chi connectivity index (χ2n) is 5.61. The molecule has 1 aliphatic rings. The number of halogens is 1. The van der Waals surface area contributed by atoms with Gasteiger partial charge in [0.25, 0.3) is 5.91 Å². The zero-order chi connectivity index (χ0) is 17.4. The Bertz CT molecular complexity index is 1040. The Morgan fingerprint density at radius 1 is 1.24 bits per heavy atom. The lowest BCUT2D eigenvalue weighted by atomic mass is 10.1. The van der Waals surface area contributed by atoms with E-state index >= 15 is 0 Å². The molecule has 0 atom stereocenters. The van der Waals surface area contributed by atoms with Crippen LogP contribution in [0.2, 0.25) is 5.02 Å². The lowest BCUT2D eigenvalue weighted by molar-refractivity contribution is -0.117. The Morgan fingerprint density at radius 3 is 2.92 bits per heavy atom. The van der Waals surface area contributed by atoms with Gasteiger partial charge in [-0.25, -0.2) is 0 Å². The van der Waals surface area contributed by atoms with Gasteiger partial charge in [0.15, 0.2) is 16.3 Å². The molecule has 0 bridgehead atoms. The maximum absolute atomic E-state index is 12.4. The summed E-state index contributed by atoms with van der Waals surface area (Å²) in [5.41, 5.74) is 1.89.